The van der Waals surface area contributed by atoms with Crippen molar-refractivity contribution in [3.63, 3.8) is 0 Å². The number of nitrogens with two attached hydrogens (primary N) is 1. The van der Waals surface area contributed by atoms with Crippen LogP contribution in [0.2, 0.25) is 0 Å². The van der Waals surface area contributed by atoms with Crippen LogP contribution in [0.4, 0.5) is 0 Å². The minimum Gasteiger partial charge on any atom is -0.271 e. The number of hydrazine groups is 1. The molecule has 1 unspecified atom stereocenters. The Kier molecular flexibility index (Phi) is 8.10. The number of rotatable bonds is 9. The first-order chi connectivity index (χ1) is 8.26. The van der Waals surface area contributed by atoms with Crippen LogP contribution in [0, 0.1) is 0 Å². The molecule has 3 N–H and O–H groups in total. The van der Waals surface area contributed by atoms with Crippen LogP contribution in [0.1, 0.15) is 50.3 Å². The maximum Gasteiger partial charge on any atom is 0.0701 e. The van der Waals surface area contributed by atoms with Crippen molar-refractivity contribution in [1.29, 1.82) is 0 Å². The summed E-state index contributed by atoms with van der Waals surface area (Å²) in [7, 11) is 0. The third kappa shape index (κ3) is 6.55. The van der Waals surface area contributed by atoms with Gasteiger partial charge in [-0.1, -0.05) is 39.0 Å². The Morgan fingerprint density at radius 3 is 2.65 bits per heavy atom. The number of halogens is 1. The van der Waals surface area contributed by atoms with E-state index in [0.717, 1.165) is 6.42 Å². The molecule has 0 radical (unpaired) electrons. The fourth-order valence-corrected chi connectivity index (χ4v) is 3.51. The zero-order chi connectivity index (χ0) is 12.5. The monoisotopic (exact) mass is 318 g/mol. The fraction of sp³-hybridized carbons (Fsp3) is 0.692. The molecule has 2 nitrogen and oxygen atoms in total. The summed E-state index contributed by atoms with van der Waals surface area (Å²) >= 11 is 5.29. The van der Waals surface area contributed by atoms with Gasteiger partial charge in [-0.3, -0.25) is 11.3 Å². The highest BCUT2D eigenvalue weighted by molar-refractivity contribution is 9.11. The molecule has 0 saturated heterocycles. The Hall–Kier alpha value is 0.1000. The Balaban J connectivity index is 2.19. The number of hydrogen-bond donors (Lipinski definition) is 2. The molecule has 0 aliphatic heterocycles. The smallest absolute Gasteiger partial charge is 0.0701 e. The fourth-order valence-electron chi connectivity index (χ4n) is 1.94. The molecule has 1 aromatic heterocycles. The second-order valence-electron chi connectivity index (χ2n) is 4.48. The van der Waals surface area contributed by atoms with Gasteiger partial charge in [-0.25, -0.2) is 0 Å². The lowest BCUT2D eigenvalue weighted by Gasteiger charge is -2.14. The van der Waals surface area contributed by atoms with Crippen LogP contribution in [-0.4, -0.2) is 6.04 Å². The van der Waals surface area contributed by atoms with Gasteiger partial charge in [0.2, 0.25) is 0 Å². The molecule has 0 aliphatic carbocycles. The Labute approximate surface area is 117 Å². The second kappa shape index (κ2) is 9.09. The van der Waals surface area contributed by atoms with Crippen molar-refractivity contribution >= 4 is 27.3 Å². The maximum atomic E-state index is 5.61. The van der Waals surface area contributed by atoms with Gasteiger partial charge < -0.3 is 0 Å². The van der Waals surface area contributed by atoms with Crippen molar-refractivity contribution in [2.24, 2.45) is 5.84 Å². The summed E-state index contributed by atoms with van der Waals surface area (Å²) in [4.78, 5) is 1.40. The molecule has 0 fully saturated rings. The van der Waals surface area contributed by atoms with Crippen molar-refractivity contribution in [1.82, 2.24) is 5.43 Å². The highest BCUT2D eigenvalue weighted by atomic mass is 79.9. The van der Waals surface area contributed by atoms with Crippen molar-refractivity contribution in [2.75, 3.05) is 0 Å². The van der Waals surface area contributed by atoms with E-state index >= 15 is 0 Å². The number of unbranched alkanes of at least 4 members (excludes halogenated alkanes) is 4. The van der Waals surface area contributed by atoms with E-state index in [4.69, 9.17) is 5.84 Å². The quantitative estimate of drug-likeness (QED) is 0.406. The Morgan fingerprint density at radius 1 is 1.29 bits per heavy atom. The highest BCUT2D eigenvalue weighted by Crippen LogP contribution is 2.23. The largest absolute Gasteiger partial charge is 0.271 e. The summed E-state index contributed by atoms with van der Waals surface area (Å²) in [5.41, 5.74) is 2.94. The summed E-state index contributed by atoms with van der Waals surface area (Å²) in [5, 5.41) is 0. The molecule has 0 aliphatic rings. The van der Waals surface area contributed by atoms with Gasteiger partial charge in [0.05, 0.1) is 3.79 Å². The summed E-state index contributed by atoms with van der Waals surface area (Å²) in [6.45, 7) is 2.25. The molecule has 1 aromatic rings. The first kappa shape index (κ1) is 15.2. The Bertz CT molecular complexity index is 301. The van der Waals surface area contributed by atoms with Gasteiger partial charge in [0.15, 0.2) is 0 Å². The lowest BCUT2D eigenvalue weighted by Crippen LogP contribution is -2.36. The van der Waals surface area contributed by atoms with E-state index in [1.54, 1.807) is 11.3 Å². The van der Waals surface area contributed by atoms with E-state index in [0.29, 0.717) is 6.04 Å². The second-order valence-corrected chi connectivity index (χ2v) is 7.02. The van der Waals surface area contributed by atoms with Crippen LogP contribution in [0.5, 0.6) is 0 Å². The first-order valence-electron chi connectivity index (χ1n) is 6.46. The number of hydrogen-bond acceptors (Lipinski definition) is 3. The molecule has 0 aromatic carbocycles. The molecule has 1 rings (SSSR count). The number of nitrogens with one attached hydrogen (secondary N) is 1. The van der Waals surface area contributed by atoms with E-state index in [-0.39, 0.29) is 0 Å². The first-order valence-corrected chi connectivity index (χ1v) is 8.07. The normalized spacial score (nSPS) is 12.9. The molecule has 0 amide bonds. The molecule has 0 saturated carbocycles. The predicted molar refractivity (Wildman–Crippen MR) is 80.2 cm³/mol. The minimum atomic E-state index is 0.419. The van der Waals surface area contributed by atoms with Crippen molar-refractivity contribution < 1.29 is 0 Å². The van der Waals surface area contributed by atoms with E-state index in [2.05, 4.69) is 40.4 Å². The summed E-state index contributed by atoms with van der Waals surface area (Å²) in [6, 6.07) is 4.70. The zero-order valence-corrected chi connectivity index (χ0v) is 12.9. The molecule has 17 heavy (non-hydrogen) atoms. The van der Waals surface area contributed by atoms with Crippen LogP contribution >= 0.6 is 27.3 Å². The van der Waals surface area contributed by atoms with Gasteiger partial charge in [-0.15, -0.1) is 11.3 Å². The maximum absolute atomic E-state index is 5.61. The molecule has 1 heterocycles. The van der Waals surface area contributed by atoms with Crippen LogP contribution in [0.15, 0.2) is 15.9 Å². The van der Waals surface area contributed by atoms with Crippen molar-refractivity contribution in [3.8, 4) is 0 Å². The van der Waals surface area contributed by atoms with Crippen LogP contribution in [0.3, 0.4) is 0 Å². The molecule has 1 atom stereocenters. The minimum absolute atomic E-state index is 0.419. The number of thiophene rings is 1. The van der Waals surface area contributed by atoms with Gasteiger partial charge >= 0.3 is 0 Å². The molecule has 4 heteroatoms. The van der Waals surface area contributed by atoms with E-state index in [1.165, 1.54) is 47.2 Å². The third-order valence-corrected chi connectivity index (χ3v) is 4.61. The molecular weight excluding hydrogens is 296 g/mol. The molecule has 98 valence electrons. The SMILES string of the molecule is CCCCCCCC(Cc1ccc(Br)s1)NN. The van der Waals surface area contributed by atoms with Crippen molar-refractivity contribution in [3.05, 3.63) is 20.8 Å². The van der Waals surface area contributed by atoms with Crippen LogP contribution < -0.4 is 11.3 Å². The topological polar surface area (TPSA) is 38.0 Å². The Morgan fingerprint density at radius 2 is 2.06 bits per heavy atom. The molecular formula is C13H23BrN2S. The average molecular weight is 319 g/mol. The molecule has 0 spiro atoms. The molecule has 0 bridgehead atoms. The van der Waals surface area contributed by atoms with Gasteiger partial charge in [0, 0.05) is 10.9 Å². The lowest BCUT2D eigenvalue weighted by atomic mass is 10.0. The zero-order valence-electron chi connectivity index (χ0n) is 10.5. The lowest BCUT2D eigenvalue weighted by molar-refractivity contribution is 0.463. The van der Waals surface area contributed by atoms with Crippen LogP contribution in [-0.2, 0) is 6.42 Å². The summed E-state index contributed by atoms with van der Waals surface area (Å²) < 4.78 is 1.20. The van der Waals surface area contributed by atoms with Gasteiger partial charge in [-0.05, 0) is 40.9 Å². The van der Waals surface area contributed by atoms with E-state index < -0.39 is 0 Å². The predicted octanol–water partition coefficient (Wildman–Crippen LogP) is 4.25. The highest BCUT2D eigenvalue weighted by Gasteiger charge is 2.08. The third-order valence-electron chi connectivity index (χ3n) is 2.97. The summed E-state index contributed by atoms with van der Waals surface area (Å²) in [5.74, 6) is 5.61. The van der Waals surface area contributed by atoms with E-state index in [9.17, 15) is 0 Å². The average Bonchev–Trinajstić information content (AvgIpc) is 2.73. The van der Waals surface area contributed by atoms with Crippen LogP contribution in [0.25, 0.3) is 0 Å². The summed E-state index contributed by atoms with van der Waals surface area (Å²) in [6.07, 6.45) is 8.86. The van der Waals surface area contributed by atoms with Crippen molar-refractivity contribution in [2.45, 2.75) is 57.9 Å². The standard InChI is InChI=1S/C13H23BrN2S/c1-2-3-4-5-6-7-11(16-15)10-12-8-9-13(14)17-12/h8-9,11,16H,2-7,10,15H2,1H3. The van der Waals surface area contributed by atoms with E-state index in [1.807, 2.05) is 0 Å². The van der Waals surface area contributed by atoms with Gasteiger partial charge in [0.1, 0.15) is 0 Å². The van der Waals surface area contributed by atoms with Gasteiger partial charge in [0.25, 0.3) is 0 Å². The van der Waals surface area contributed by atoms with Gasteiger partial charge in [-0.2, -0.15) is 0 Å².